The van der Waals surface area contributed by atoms with Gasteiger partial charge in [0.25, 0.3) is 5.69 Å². The van der Waals surface area contributed by atoms with Gasteiger partial charge in [-0.15, -0.1) is 0 Å². The van der Waals surface area contributed by atoms with E-state index >= 15 is 0 Å². The Morgan fingerprint density at radius 1 is 1.45 bits per heavy atom. The number of rotatable bonds is 4. The number of nitrogens with zero attached hydrogens (tertiary/aromatic N) is 3. The van der Waals surface area contributed by atoms with Crippen LogP contribution in [0.2, 0.25) is 0 Å². The van der Waals surface area contributed by atoms with Crippen LogP contribution in [0.3, 0.4) is 0 Å². The highest BCUT2D eigenvalue weighted by Crippen LogP contribution is 2.32. The number of hydrogen-bond donors (Lipinski definition) is 3. The van der Waals surface area contributed by atoms with Crippen molar-refractivity contribution in [2.24, 2.45) is 10.8 Å². The number of nitrogens with two attached hydrogens (primary N) is 1. The Kier molecular flexibility index (Phi) is 4.27. The number of hydrogen-bond acceptors (Lipinski definition) is 6. The van der Waals surface area contributed by atoms with E-state index in [-0.39, 0.29) is 17.1 Å². The minimum Gasteiger partial charge on any atom is -0.505 e. The number of nitrogens with one attached hydrogen (secondary N) is 1. The van der Waals surface area contributed by atoms with Gasteiger partial charge in [0.15, 0.2) is 5.75 Å². The molecule has 4 N–H and O–H groups in total. The second-order valence-corrected chi connectivity index (χ2v) is 4.13. The van der Waals surface area contributed by atoms with Crippen LogP contribution in [-0.4, -0.2) is 27.3 Å². The smallest absolute Gasteiger partial charge is 0.332 e. The van der Waals surface area contributed by atoms with E-state index in [0.717, 1.165) is 6.21 Å². The third-order valence-corrected chi connectivity index (χ3v) is 2.68. The average molecular weight is 301 g/mol. The molecule has 0 atom stereocenters. The number of benzene rings is 1. The summed E-state index contributed by atoms with van der Waals surface area (Å²) in [6.07, 6.45) is 2.51. The van der Waals surface area contributed by atoms with Gasteiger partial charge in [0.1, 0.15) is 5.69 Å². The van der Waals surface area contributed by atoms with Crippen LogP contribution in [0.1, 0.15) is 5.69 Å². The number of nitro benzene ring substituents is 1. The van der Waals surface area contributed by atoms with Gasteiger partial charge in [-0.2, -0.15) is 5.10 Å². The Hall–Kier alpha value is -3.49. The lowest BCUT2D eigenvalue weighted by Gasteiger charge is -2.06. The maximum Gasteiger partial charge on any atom is 0.332 e. The normalized spacial score (nSPS) is 10.5. The van der Waals surface area contributed by atoms with Gasteiger partial charge in [-0.1, -0.05) is 12.1 Å². The number of hydrazone groups is 1. The second kappa shape index (κ2) is 6.31. The van der Waals surface area contributed by atoms with Crippen molar-refractivity contribution in [3.05, 3.63) is 52.3 Å². The molecule has 0 aliphatic carbocycles. The first-order chi connectivity index (χ1) is 10.5. The Labute approximate surface area is 124 Å². The third-order valence-electron chi connectivity index (χ3n) is 2.68. The molecule has 0 saturated carbocycles. The monoisotopic (exact) mass is 301 g/mol. The van der Waals surface area contributed by atoms with Gasteiger partial charge >= 0.3 is 6.03 Å². The van der Waals surface area contributed by atoms with Crippen molar-refractivity contribution in [1.82, 2.24) is 10.4 Å². The number of carbonyl (C=O) groups excluding carboxylic acids is 1. The minimum atomic E-state index is -0.856. The zero-order valence-electron chi connectivity index (χ0n) is 11.1. The maximum atomic E-state index is 10.8. The van der Waals surface area contributed by atoms with Crippen LogP contribution in [0, 0.1) is 10.1 Å². The molecule has 0 spiro atoms. The summed E-state index contributed by atoms with van der Waals surface area (Å²) in [6, 6.07) is 6.46. The summed E-state index contributed by atoms with van der Waals surface area (Å²) in [6.45, 7) is 0. The molecule has 0 unspecified atom stereocenters. The molecule has 2 rings (SSSR count). The van der Waals surface area contributed by atoms with Crippen molar-refractivity contribution in [3.63, 3.8) is 0 Å². The summed E-state index contributed by atoms with van der Waals surface area (Å²) >= 11 is 0. The first kappa shape index (κ1) is 14.9. The number of pyridine rings is 1. The van der Waals surface area contributed by atoms with Crippen LogP contribution in [0.4, 0.5) is 10.5 Å². The zero-order chi connectivity index (χ0) is 16.1. The fourth-order valence-corrected chi connectivity index (χ4v) is 1.74. The predicted octanol–water partition coefficient (Wildman–Crippen LogP) is 1.36. The highest BCUT2D eigenvalue weighted by Gasteiger charge is 2.12. The molecule has 22 heavy (non-hydrogen) atoms. The van der Waals surface area contributed by atoms with Crippen molar-refractivity contribution in [2.45, 2.75) is 0 Å². The van der Waals surface area contributed by atoms with E-state index in [2.05, 4.69) is 10.1 Å². The number of aromatic nitrogens is 1. The molecule has 2 aromatic rings. The van der Waals surface area contributed by atoms with Crippen LogP contribution in [-0.2, 0) is 0 Å². The first-order valence-corrected chi connectivity index (χ1v) is 6.00. The molecule has 1 heterocycles. The zero-order valence-corrected chi connectivity index (χ0v) is 11.1. The molecule has 2 amide bonds. The summed E-state index contributed by atoms with van der Waals surface area (Å²) in [4.78, 5) is 24.7. The van der Waals surface area contributed by atoms with Gasteiger partial charge in [-0.25, -0.2) is 10.2 Å². The molecular weight excluding hydrogens is 290 g/mol. The van der Waals surface area contributed by atoms with Gasteiger partial charge in [0, 0.05) is 23.9 Å². The molecule has 9 nitrogen and oxygen atoms in total. The number of urea groups is 1. The highest BCUT2D eigenvalue weighted by molar-refractivity contribution is 5.87. The van der Waals surface area contributed by atoms with Crippen LogP contribution in [0.5, 0.6) is 5.75 Å². The van der Waals surface area contributed by atoms with E-state index < -0.39 is 11.0 Å². The lowest BCUT2D eigenvalue weighted by Crippen LogP contribution is -2.24. The van der Waals surface area contributed by atoms with Crippen molar-refractivity contribution >= 4 is 17.9 Å². The molecule has 0 fully saturated rings. The molecule has 112 valence electrons. The molecule has 0 aliphatic rings. The van der Waals surface area contributed by atoms with E-state index in [1.807, 2.05) is 5.43 Å². The van der Waals surface area contributed by atoms with E-state index in [1.54, 1.807) is 6.07 Å². The van der Waals surface area contributed by atoms with Gasteiger partial charge in [-0.05, 0) is 11.6 Å². The first-order valence-electron chi connectivity index (χ1n) is 6.00. The maximum absolute atomic E-state index is 10.8. The van der Waals surface area contributed by atoms with Crippen molar-refractivity contribution < 1.29 is 14.8 Å². The van der Waals surface area contributed by atoms with E-state index in [4.69, 9.17) is 5.73 Å². The number of amides is 2. The number of aromatic hydroxyl groups is 1. The fraction of sp³-hybridized carbons (Fsp3) is 0. The van der Waals surface area contributed by atoms with Crippen molar-refractivity contribution in [1.29, 1.82) is 0 Å². The standard InChI is InChI=1S/C13H11N5O4/c14-13(20)17-16-7-11-12(19)10(4-5-15-11)8-2-1-3-9(6-8)18(21)22/h1-7,19H,(H3,14,17,20). The second-order valence-electron chi connectivity index (χ2n) is 4.13. The molecule has 0 aliphatic heterocycles. The minimum absolute atomic E-state index is 0.0813. The molecule has 0 bridgehead atoms. The summed E-state index contributed by atoms with van der Waals surface area (Å²) in [5, 5.41) is 24.5. The van der Waals surface area contributed by atoms with Crippen LogP contribution in [0.15, 0.2) is 41.6 Å². The quantitative estimate of drug-likeness (QED) is 0.443. The lowest BCUT2D eigenvalue weighted by atomic mass is 10.0. The number of nitro groups is 1. The Morgan fingerprint density at radius 3 is 2.91 bits per heavy atom. The van der Waals surface area contributed by atoms with Crippen LogP contribution < -0.4 is 11.2 Å². The van der Waals surface area contributed by atoms with Gasteiger partial charge in [-0.3, -0.25) is 15.1 Å². The SMILES string of the molecule is NC(=O)NN=Cc1nccc(-c2cccc([N+](=O)[O-])c2)c1O. The Bertz CT molecular complexity index is 760. The summed E-state index contributed by atoms with van der Waals surface area (Å²) in [7, 11) is 0. The third kappa shape index (κ3) is 3.33. The Morgan fingerprint density at radius 2 is 2.23 bits per heavy atom. The van der Waals surface area contributed by atoms with Crippen molar-refractivity contribution in [3.8, 4) is 16.9 Å². The summed E-state index contributed by atoms with van der Waals surface area (Å²) < 4.78 is 0. The summed E-state index contributed by atoms with van der Waals surface area (Å²) in [5.74, 6) is -0.224. The van der Waals surface area contributed by atoms with Gasteiger partial charge in [0.05, 0.1) is 11.1 Å². The molecule has 0 radical (unpaired) electrons. The van der Waals surface area contributed by atoms with Crippen molar-refractivity contribution in [2.75, 3.05) is 0 Å². The molecule has 0 saturated heterocycles. The molecule has 1 aromatic heterocycles. The number of primary amides is 1. The van der Waals surface area contributed by atoms with Crippen LogP contribution >= 0.6 is 0 Å². The van der Waals surface area contributed by atoms with E-state index in [0.29, 0.717) is 11.1 Å². The Balaban J connectivity index is 2.40. The van der Waals surface area contributed by atoms with E-state index in [9.17, 15) is 20.0 Å². The number of carbonyl (C=O) groups is 1. The topological polar surface area (TPSA) is 144 Å². The molecular formula is C13H11N5O4. The van der Waals surface area contributed by atoms with Crippen LogP contribution in [0.25, 0.3) is 11.1 Å². The van der Waals surface area contributed by atoms with E-state index in [1.165, 1.54) is 30.5 Å². The van der Waals surface area contributed by atoms with Gasteiger partial charge < -0.3 is 10.8 Å². The average Bonchev–Trinajstić information content (AvgIpc) is 2.49. The summed E-state index contributed by atoms with van der Waals surface area (Å²) in [5.41, 5.74) is 7.60. The number of non-ortho nitro benzene ring substituents is 1. The van der Waals surface area contributed by atoms with Gasteiger partial charge in [0.2, 0.25) is 0 Å². The fourth-order valence-electron chi connectivity index (χ4n) is 1.74. The highest BCUT2D eigenvalue weighted by atomic mass is 16.6. The molecule has 1 aromatic carbocycles. The molecule has 9 heteroatoms. The lowest BCUT2D eigenvalue weighted by molar-refractivity contribution is -0.384. The predicted molar refractivity (Wildman–Crippen MR) is 78.3 cm³/mol. The largest absolute Gasteiger partial charge is 0.505 e.